The molecule has 1 aliphatic carbocycles. The van der Waals surface area contributed by atoms with Gasteiger partial charge in [0.05, 0.1) is 14.2 Å². The van der Waals surface area contributed by atoms with Crippen molar-refractivity contribution < 1.29 is 9.47 Å². The molecule has 6 heteroatoms. The number of hydrogen-bond acceptors (Lipinski definition) is 3. The van der Waals surface area contributed by atoms with Gasteiger partial charge >= 0.3 is 0 Å². The molecule has 1 unspecified atom stereocenters. The van der Waals surface area contributed by atoms with Crippen LogP contribution < -0.4 is 20.5 Å². The lowest BCUT2D eigenvalue weighted by atomic mass is 9.85. The Balaban J connectivity index is 0.00000288. The first-order valence-corrected chi connectivity index (χ1v) is 8.37. The fraction of sp³-hybridized carbons (Fsp3) is 0.611. The number of guanidine groups is 1. The van der Waals surface area contributed by atoms with Crippen molar-refractivity contribution >= 4 is 29.9 Å². The molecule has 2 rings (SSSR count). The maximum Gasteiger partial charge on any atom is 0.188 e. The van der Waals surface area contributed by atoms with Crippen molar-refractivity contribution in [2.24, 2.45) is 22.6 Å². The predicted molar refractivity (Wildman–Crippen MR) is 110 cm³/mol. The van der Waals surface area contributed by atoms with Gasteiger partial charge in [-0.2, -0.15) is 0 Å². The van der Waals surface area contributed by atoms with E-state index in [9.17, 15) is 0 Å². The fourth-order valence-corrected chi connectivity index (χ4v) is 2.73. The third kappa shape index (κ3) is 6.37. The van der Waals surface area contributed by atoms with Crippen molar-refractivity contribution in [1.29, 1.82) is 0 Å². The summed E-state index contributed by atoms with van der Waals surface area (Å²) in [6.45, 7) is 3.86. The van der Waals surface area contributed by atoms with Gasteiger partial charge in [0.2, 0.25) is 0 Å². The van der Waals surface area contributed by atoms with Crippen molar-refractivity contribution in [2.45, 2.75) is 32.6 Å². The number of nitrogens with one attached hydrogen (secondary N) is 1. The molecule has 24 heavy (non-hydrogen) atoms. The summed E-state index contributed by atoms with van der Waals surface area (Å²) in [5.74, 6) is 3.29. The first kappa shape index (κ1) is 20.9. The van der Waals surface area contributed by atoms with Crippen LogP contribution in [0.25, 0.3) is 0 Å². The van der Waals surface area contributed by atoms with E-state index in [1.165, 1.54) is 24.8 Å². The average molecular weight is 447 g/mol. The van der Waals surface area contributed by atoms with Crippen molar-refractivity contribution in [3.63, 3.8) is 0 Å². The van der Waals surface area contributed by atoms with Crippen molar-refractivity contribution in [3.8, 4) is 11.5 Å². The number of aliphatic imine (C=N–C) groups is 1. The highest BCUT2D eigenvalue weighted by atomic mass is 127. The minimum Gasteiger partial charge on any atom is -0.493 e. The smallest absolute Gasteiger partial charge is 0.188 e. The number of nitrogens with zero attached hydrogens (tertiary/aromatic N) is 1. The van der Waals surface area contributed by atoms with Crippen molar-refractivity contribution in [3.05, 3.63) is 23.8 Å². The summed E-state index contributed by atoms with van der Waals surface area (Å²) in [7, 11) is 3.30. The molecule has 0 heterocycles. The van der Waals surface area contributed by atoms with E-state index in [0.717, 1.165) is 36.9 Å². The van der Waals surface area contributed by atoms with Gasteiger partial charge in [-0.15, -0.1) is 24.0 Å². The highest BCUT2D eigenvalue weighted by Gasteiger charge is 2.16. The number of hydrogen-bond donors (Lipinski definition) is 2. The van der Waals surface area contributed by atoms with Crippen LogP contribution in [0.5, 0.6) is 11.5 Å². The molecule has 1 aromatic carbocycles. The number of methoxy groups -OCH3 is 2. The van der Waals surface area contributed by atoms with Crippen LogP contribution >= 0.6 is 24.0 Å². The van der Waals surface area contributed by atoms with Gasteiger partial charge < -0.3 is 20.5 Å². The van der Waals surface area contributed by atoms with Crippen LogP contribution in [0.3, 0.4) is 0 Å². The van der Waals surface area contributed by atoms with Crippen LogP contribution in [-0.2, 0) is 6.42 Å². The number of halogens is 1. The Labute approximate surface area is 162 Å². The molecule has 0 aliphatic heterocycles. The van der Waals surface area contributed by atoms with E-state index < -0.39 is 0 Å². The topological polar surface area (TPSA) is 68.9 Å². The standard InChI is InChI=1S/C18H29N3O2.HI/c1-13(11-20-18(19)21-12-14-5-4-6-14)9-15-7-8-16(22-2)17(10-15)23-3;/h7-8,10,13-14H,4-6,9,11-12H2,1-3H3,(H3,19,20,21);1H. The molecule has 0 amide bonds. The van der Waals surface area contributed by atoms with Crippen molar-refractivity contribution in [1.82, 2.24) is 5.32 Å². The molecule has 3 N–H and O–H groups in total. The summed E-state index contributed by atoms with van der Waals surface area (Å²) in [4.78, 5) is 4.45. The van der Waals surface area contributed by atoms with Crippen LogP contribution in [0.2, 0.25) is 0 Å². The molecule has 0 spiro atoms. The van der Waals surface area contributed by atoms with Gasteiger partial charge in [-0.1, -0.05) is 19.4 Å². The molecule has 0 bridgehead atoms. The van der Waals surface area contributed by atoms with E-state index >= 15 is 0 Å². The van der Waals surface area contributed by atoms with E-state index in [0.29, 0.717) is 11.9 Å². The zero-order valence-corrected chi connectivity index (χ0v) is 17.2. The third-order valence-corrected chi connectivity index (χ3v) is 4.40. The maximum absolute atomic E-state index is 5.93. The Morgan fingerprint density at radius 1 is 1.29 bits per heavy atom. The molecular weight excluding hydrogens is 417 g/mol. The van der Waals surface area contributed by atoms with Crippen LogP contribution in [0.15, 0.2) is 23.2 Å². The zero-order valence-electron chi connectivity index (χ0n) is 14.9. The lowest BCUT2D eigenvalue weighted by Gasteiger charge is -2.25. The van der Waals surface area contributed by atoms with E-state index in [4.69, 9.17) is 15.2 Å². The molecule has 1 aliphatic rings. The highest BCUT2D eigenvalue weighted by Crippen LogP contribution is 2.28. The largest absolute Gasteiger partial charge is 0.493 e. The first-order valence-electron chi connectivity index (χ1n) is 8.37. The summed E-state index contributed by atoms with van der Waals surface area (Å²) in [6, 6.07) is 6.04. The summed E-state index contributed by atoms with van der Waals surface area (Å²) in [5.41, 5.74) is 7.14. The SMILES string of the molecule is COc1ccc(CC(C)CN=C(N)NCC2CCC2)cc1OC.I. The molecule has 0 aromatic heterocycles. The van der Waals surface area contributed by atoms with Crippen LogP contribution in [0.1, 0.15) is 31.7 Å². The summed E-state index contributed by atoms with van der Waals surface area (Å²) >= 11 is 0. The Bertz CT molecular complexity index is 533. The molecule has 0 saturated heterocycles. The molecule has 1 saturated carbocycles. The Morgan fingerprint density at radius 3 is 2.58 bits per heavy atom. The van der Waals surface area contributed by atoms with Gasteiger partial charge in [-0.25, -0.2) is 0 Å². The fourth-order valence-electron chi connectivity index (χ4n) is 2.73. The average Bonchev–Trinajstić information content (AvgIpc) is 2.51. The molecule has 136 valence electrons. The second kappa shape index (κ2) is 10.6. The predicted octanol–water partition coefficient (Wildman–Crippen LogP) is 3.20. The van der Waals surface area contributed by atoms with Gasteiger partial charge in [0.15, 0.2) is 17.5 Å². The second-order valence-corrected chi connectivity index (χ2v) is 6.40. The normalized spacial score (nSPS) is 15.9. The van der Waals surface area contributed by atoms with Gasteiger partial charge in [-0.3, -0.25) is 4.99 Å². The number of nitrogens with two attached hydrogens (primary N) is 1. The molecule has 1 aromatic rings. The van der Waals surface area contributed by atoms with Gasteiger partial charge in [0.1, 0.15) is 0 Å². The molecular formula is C18H30IN3O2. The minimum absolute atomic E-state index is 0. The summed E-state index contributed by atoms with van der Waals surface area (Å²) < 4.78 is 10.6. The van der Waals surface area contributed by atoms with E-state index in [-0.39, 0.29) is 24.0 Å². The zero-order chi connectivity index (χ0) is 16.7. The maximum atomic E-state index is 5.93. The highest BCUT2D eigenvalue weighted by molar-refractivity contribution is 14.0. The monoisotopic (exact) mass is 447 g/mol. The molecule has 0 radical (unpaired) electrons. The van der Waals surface area contributed by atoms with Crippen LogP contribution in [-0.4, -0.2) is 33.3 Å². The summed E-state index contributed by atoms with van der Waals surface area (Å²) in [5, 5.41) is 3.23. The molecule has 5 nitrogen and oxygen atoms in total. The number of rotatable bonds is 8. The quantitative estimate of drug-likeness (QED) is 0.365. The van der Waals surface area contributed by atoms with Gasteiger partial charge in [0, 0.05) is 13.1 Å². The molecule has 1 fully saturated rings. The van der Waals surface area contributed by atoms with Crippen LogP contribution in [0, 0.1) is 11.8 Å². The first-order chi connectivity index (χ1) is 11.1. The Kier molecular flexibility index (Phi) is 9.25. The van der Waals surface area contributed by atoms with E-state index in [2.05, 4.69) is 23.3 Å². The Morgan fingerprint density at radius 2 is 2.00 bits per heavy atom. The van der Waals surface area contributed by atoms with Gasteiger partial charge in [0.25, 0.3) is 0 Å². The lowest BCUT2D eigenvalue weighted by Crippen LogP contribution is -2.37. The minimum atomic E-state index is 0. The lowest BCUT2D eigenvalue weighted by molar-refractivity contribution is 0.315. The number of benzene rings is 1. The number of ether oxygens (including phenoxy) is 2. The third-order valence-electron chi connectivity index (χ3n) is 4.40. The van der Waals surface area contributed by atoms with E-state index in [1.54, 1.807) is 14.2 Å². The second-order valence-electron chi connectivity index (χ2n) is 6.40. The summed E-state index contributed by atoms with van der Waals surface area (Å²) in [6.07, 6.45) is 4.91. The Hall–Kier alpha value is -1.18. The molecule has 1 atom stereocenters. The van der Waals surface area contributed by atoms with E-state index in [1.807, 2.05) is 12.1 Å². The van der Waals surface area contributed by atoms with Gasteiger partial charge in [-0.05, 0) is 48.8 Å². The van der Waals surface area contributed by atoms with Crippen LogP contribution in [0.4, 0.5) is 0 Å². The van der Waals surface area contributed by atoms with Crippen molar-refractivity contribution in [2.75, 3.05) is 27.3 Å².